The second-order valence-corrected chi connectivity index (χ2v) is 9.26. The summed E-state index contributed by atoms with van der Waals surface area (Å²) in [5.41, 5.74) is 1.69. The van der Waals surface area contributed by atoms with E-state index in [1.165, 1.54) is 32.4 Å². The molecule has 1 N–H and O–H groups in total. The third kappa shape index (κ3) is 4.14. The van der Waals surface area contributed by atoms with Gasteiger partial charge < -0.3 is 14.6 Å². The quantitative estimate of drug-likeness (QED) is 0.609. The molecule has 0 radical (unpaired) electrons. The Morgan fingerprint density at radius 3 is 2.63 bits per heavy atom. The van der Waals surface area contributed by atoms with E-state index in [4.69, 9.17) is 9.26 Å². The number of pyridine rings is 1. The molecular weight excluding hydrogens is 408 g/mol. The summed E-state index contributed by atoms with van der Waals surface area (Å²) in [6, 6.07) is 6.15. The second kappa shape index (κ2) is 8.41. The number of hydrogen-bond acceptors (Lipinski definition) is 7. The molecule has 0 spiro atoms. The third-order valence-corrected chi connectivity index (χ3v) is 6.26. The van der Waals surface area contributed by atoms with Gasteiger partial charge in [0.05, 0.1) is 23.3 Å². The van der Waals surface area contributed by atoms with Crippen LogP contribution in [0.3, 0.4) is 0 Å². The van der Waals surface area contributed by atoms with E-state index in [9.17, 15) is 13.2 Å². The van der Waals surface area contributed by atoms with Gasteiger partial charge in [0, 0.05) is 26.0 Å². The summed E-state index contributed by atoms with van der Waals surface area (Å²) in [7, 11) is -0.899. The average Bonchev–Trinajstić information content (AvgIpc) is 3.12. The normalized spacial score (nSPS) is 12.0. The van der Waals surface area contributed by atoms with Gasteiger partial charge >= 0.3 is 0 Å². The summed E-state index contributed by atoms with van der Waals surface area (Å²) in [6.07, 6.45) is 1.39. The summed E-state index contributed by atoms with van der Waals surface area (Å²) in [5, 5.41) is 7.39. The molecule has 0 unspecified atom stereocenters. The van der Waals surface area contributed by atoms with Crippen molar-refractivity contribution < 1.29 is 22.5 Å². The number of rotatable bonds is 7. The van der Waals surface area contributed by atoms with Crippen LogP contribution in [-0.2, 0) is 10.0 Å². The summed E-state index contributed by atoms with van der Waals surface area (Å²) >= 11 is 0. The van der Waals surface area contributed by atoms with Crippen molar-refractivity contribution in [3.63, 3.8) is 0 Å². The Kier molecular flexibility index (Phi) is 6.09. The van der Waals surface area contributed by atoms with Crippen LogP contribution < -0.4 is 10.1 Å². The van der Waals surface area contributed by atoms with Gasteiger partial charge in [0.2, 0.25) is 10.0 Å². The maximum absolute atomic E-state index is 12.8. The van der Waals surface area contributed by atoms with Gasteiger partial charge in [-0.15, -0.1) is 0 Å². The number of carbonyl (C=O) groups excluding carboxylic acids is 1. The van der Waals surface area contributed by atoms with Crippen molar-refractivity contribution in [1.29, 1.82) is 0 Å². The average molecular weight is 433 g/mol. The number of anilines is 1. The Bertz CT molecular complexity index is 1190. The molecule has 160 valence electrons. The molecule has 0 saturated carbocycles. The monoisotopic (exact) mass is 432 g/mol. The molecule has 0 atom stereocenters. The maximum Gasteiger partial charge on any atom is 0.257 e. The fraction of sp³-hybridized carbons (Fsp3) is 0.350. The van der Waals surface area contributed by atoms with Crippen molar-refractivity contribution in [2.24, 2.45) is 0 Å². The smallest absolute Gasteiger partial charge is 0.257 e. The minimum atomic E-state index is -3.77. The first kappa shape index (κ1) is 21.7. The highest BCUT2D eigenvalue weighted by molar-refractivity contribution is 7.89. The van der Waals surface area contributed by atoms with Crippen molar-refractivity contribution >= 4 is 32.7 Å². The fourth-order valence-corrected chi connectivity index (χ4v) is 3.90. The lowest BCUT2D eigenvalue weighted by Crippen LogP contribution is -2.23. The molecule has 3 aromatic rings. The minimum Gasteiger partial charge on any atom is -0.492 e. The Labute approximate surface area is 175 Å². The van der Waals surface area contributed by atoms with E-state index in [0.717, 1.165) is 4.31 Å². The lowest BCUT2D eigenvalue weighted by Gasteiger charge is -2.16. The number of aromatic nitrogens is 2. The predicted molar refractivity (Wildman–Crippen MR) is 112 cm³/mol. The van der Waals surface area contributed by atoms with E-state index in [2.05, 4.69) is 15.5 Å². The predicted octanol–water partition coefficient (Wildman–Crippen LogP) is 3.25. The van der Waals surface area contributed by atoms with Crippen molar-refractivity contribution in [3.05, 3.63) is 41.7 Å². The molecule has 9 nitrogen and oxygen atoms in total. The van der Waals surface area contributed by atoms with Crippen LogP contribution in [0.4, 0.5) is 5.69 Å². The summed E-state index contributed by atoms with van der Waals surface area (Å²) < 4.78 is 37.1. The molecular formula is C20H24N4O5S. The van der Waals surface area contributed by atoms with E-state index in [1.54, 1.807) is 19.1 Å². The van der Waals surface area contributed by atoms with Gasteiger partial charge in [0.25, 0.3) is 11.6 Å². The SMILES string of the molecule is CCOc1ccc(NC(=O)c2cnc3onc(C(C)C)c3c2)cc1S(=O)(=O)N(C)C. The molecule has 0 aliphatic rings. The zero-order valence-electron chi connectivity index (χ0n) is 17.5. The van der Waals surface area contributed by atoms with Crippen molar-refractivity contribution in [3.8, 4) is 5.75 Å². The van der Waals surface area contributed by atoms with E-state index in [1.807, 2.05) is 13.8 Å². The maximum atomic E-state index is 12.8. The molecule has 2 aromatic heterocycles. The molecule has 30 heavy (non-hydrogen) atoms. The lowest BCUT2D eigenvalue weighted by atomic mass is 10.1. The Morgan fingerprint density at radius 2 is 2.00 bits per heavy atom. The number of nitrogens with one attached hydrogen (secondary N) is 1. The summed E-state index contributed by atoms with van der Waals surface area (Å²) in [5.74, 6) is -0.104. The number of nitrogens with zero attached hydrogens (tertiary/aromatic N) is 3. The van der Waals surface area contributed by atoms with Gasteiger partial charge in [-0.3, -0.25) is 4.79 Å². The van der Waals surface area contributed by atoms with Gasteiger partial charge in [-0.1, -0.05) is 19.0 Å². The standard InChI is InChI=1S/C20H24N4O5S/c1-6-28-16-8-7-14(10-17(16)30(26,27)24(4)5)22-19(25)13-9-15-18(12(2)3)23-29-20(15)21-11-13/h7-12H,6H2,1-5H3,(H,22,25). The largest absolute Gasteiger partial charge is 0.492 e. The van der Waals surface area contributed by atoms with Crippen LogP contribution in [0, 0.1) is 0 Å². The number of fused-ring (bicyclic) bond motifs is 1. The van der Waals surface area contributed by atoms with Crippen LogP contribution in [-0.4, -0.2) is 49.5 Å². The molecule has 0 fully saturated rings. The van der Waals surface area contributed by atoms with Gasteiger partial charge in [-0.2, -0.15) is 0 Å². The van der Waals surface area contributed by atoms with Gasteiger partial charge in [0.1, 0.15) is 10.6 Å². The lowest BCUT2D eigenvalue weighted by molar-refractivity contribution is 0.102. The number of amides is 1. The van der Waals surface area contributed by atoms with E-state index >= 15 is 0 Å². The zero-order chi connectivity index (χ0) is 22.1. The van der Waals surface area contributed by atoms with Crippen LogP contribution in [0.1, 0.15) is 42.7 Å². The highest BCUT2D eigenvalue weighted by Crippen LogP contribution is 2.30. The molecule has 3 rings (SSSR count). The molecule has 1 amide bonds. The Hall–Kier alpha value is -2.98. The molecule has 0 bridgehead atoms. The molecule has 0 saturated heterocycles. The van der Waals surface area contributed by atoms with Crippen molar-refractivity contribution in [2.45, 2.75) is 31.6 Å². The number of benzene rings is 1. The van der Waals surface area contributed by atoms with Gasteiger partial charge in [-0.25, -0.2) is 17.7 Å². The first-order chi connectivity index (χ1) is 14.1. The Balaban J connectivity index is 1.95. The van der Waals surface area contributed by atoms with Crippen molar-refractivity contribution in [2.75, 3.05) is 26.0 Å². The Morgan fingerprint density at radius 1 is 1.27 bits per heavy atom. The minimum absolute atomic E-state index is 0.0261. The number of hydrogen-bond donors (Lipinski definition) is 1. The highest BCUT2D eigenvalue weighted by atomic mass is 32.2. The second-order valence-electron chi connectivity index (χ2n) is 7.14. The van der Waals surface area contributed by atoms with E-state index in [0.29, 0.717) is 34.7 Å². The zero-order valence-corrected chi connectivity index (χ0v) is 18.3. The first-order valence-corrected chi connectivity index (χ1v) is 10.8. The molecule has 0 aliphatic heterocycles. The third-order valence-electron chi connectivity index (χ3n) is 4.43. The number of sulfonamides is 1. The molecule has 10 heteroatoms. The van der Waals surface area contributed by atoms with Gasteiger partial charge in [0.15, 0.2) is 0 Å². The van der Waals surface area contributed by atoms with Crippen LogP contribution in [0.15, 0.2) is 39.9 Å². The fourth-order valence-electron chi connectivity index (χ4n) is 2.85. The summed E-state index contributed by atoms with van der Waals surface area (Å²) in [6.45, 7) is 6.01. The van der Waals surface area contributed by atoms with Gasteiger partial charge in [-0.05, 0) is 37.1 Å². The molecule has 0 aliphatic carbocycles. The molecule has 2 heterocycles. The van der Waals surface area contributed by atoms with Crippen LogP contribution >= 0.6 is 0 Å². The van der Waals surface area contributed by atoms with E-state index in [-0.39, 0.29) is 16.6 Å². The number of carbonyl (C=O) groups is 1. The van der Waals surface area contributed by atoms with Crippen LogP contribution in [0.5, 0.6) is 5.75 Å². The van der Waals surface area contributed by atoms with Crippen LogP contribution in [0.2, 0.25) is 0 Å². The number of ether oxygens (including phenoxy) is 1. The first-order valence-electron chi connectivity index (χ1n) is 9.41. The van der Waals surface area contributed by atoms with Crippen molar-refractivity contribution in [1.82, 2.24) is 14.4 Å². The highest BCUT2D eigenvalue weighted by Gasteiger charge is 2.23. The van der Waals surface area contributed by atoms with E-state index < -0.39 is 15.9 Å². The summed E-state index contributed by atoms with van der Waals surface area (Å²) in [4.78, 5) is 16.9. The van der Waals surface area contributed by atoms with Crippen LogP contribution in [0.25, 0.3) is 11.1 Å². The topological polar surface area (TPSA) is 115 Å². The molecule has 1 aromatic carbocycles.